The molecule has 0 unspecified atom stereocenters. The second-order valence-corrected chi connectivity index (χ2v) is 5.70. The average molecular weight is 280 g/mol. The zero-order valence-corrected chi connectivity index (χ0v) is 12.3. The van der Waals surface area contributed by atoms with Crippen molar-refractivity contribution in [2.24, 2.45) is 0 Å². The highest BCUT2D eigenvalue weighted by molar-refractivity contribution is 5.94. The molecule has 1 aromatic carbocycles. The van der Waals surface area contributed by atoms with E-state index in [0.29, 0.717) is 11.6 Å². The maximum atomic E-state index is 12.3. The predicted molar refractivity (Wildman–Crippen MR) is 83.2 cm³/mol. The van der Waals surface area contributed by atoms with E-state index in [2.05, 4.69) is 17.1 Å². The first kappa shape index (κ1) is 13.8. The predicted octanol–water partition coefficient (Wildman–Crippen LogP) is 3.30. The monoisotopic (exact) mass is 280 g/mol. The average Bonchev–Trinajstić information content (AvgIpc) is 2.46. The molecule has 0 aliphatic heterocycles. The molecule has 1 aromatic heterocycles. The van der Waals surface area contributed by atoms with Crippen LogP contribution in [0.4, 0.5) is 0 Å². The fraction of sp³-hybridized carbons (Fsp3) is 0.333. The molecule has 1 aliphatic carbocycles. The van der Waals surface area contributed by atoms with Crippen LogP contribution < -0.4 is 0 Å². The standard InChI is InChI=1S/C18H20N2O/c1-20(17-8-5-9-17)18(21)15-10-11-16(19-13-15)12-14-6-3-2-4-7-14/h2-4,6-7,10-11,13,17H,5,8-9,12H2,1H3. The molecule has 2 aromatic rings. The number of rotatable bonds is 4. The summed E-state index contributed by atoms with van der Waals surface area (Å²) in [5, 5.41) is 0. The molecule has 0 radical (unpaired) electrons. The van der Waals surface area contributed by atoms with Crippen LogP contribution in [0.15, 0.2) is 48.7 Å². The number of hydrogen-bond donors (Lipinski definition) is 0. The molecule has 0 atom stereocenters. The second kappa shape index (κ2) is 6.08. The van der Waals surface area contributed by atoms with Crippen molar-refractivity contribution in [2.75, 3.05) is 7.05 Å². The van der Waals surface area contributed by atoms with Gasteiger partial charge in [0.25, 0.3) is 5.91 Å². The van der Waals surface area contributed by atoms with Gasteiger partial charge in [-0.25, -0.2) is 0 Å². The van der Waals surface area contributed by atoms with E-state index < -0.39 is 0 Å². The normalized spacial score (nSPS) is 14.5. The third kappa shape index (κ3) is 3.13. The Morgan fingerprint density at radius 1 is 1.19 bits per heavy atom. The van der Waals surface area contributed by atoms with Gasteiger partial charge in [0.15, 0.2) is 0 Å². The molecule has 108 valence electrons. The Kier molecular flexibility index (Phi) is 4.00. The fourth-order valence-corrected chi connectivity index (χ4v) is 2.60. The van der Waals surface area contributed by atoms with Crippen LogP contribution in [0.3, 0.4) is 0 Å². The van der Waals surface area contributed by atoms with Gasteiger partial charge in [-0.05, 0) is 37.0 Å². The minimum absolute atomic E-state index is 0.0819. The molecule has 3 heteroatoms. The largest absolute Gasteiger partial charge is 0.339 e. The molecule has 1 fully saturated rings. The van der Waals surface area contributed by atoms with Gasteiger partial charge in [-0.3, -0.25) is 9.78 Å². The summed E-state index contributed by atoms with van der Waals surface area (Å²) in [5.74, 6) is 0.0819. The lowest BCUT2D eigenvalue weighted by Gasteiger charge is -2.34. The van der Waals surface area contributed by atoms with E-state index in [1.54, 1.807) is 6.20 Å². The van der Waals surface area contributed by atoms with Crippen molar-refractivity contribution >= 4 is 5.91 Å². The van der Waals surface area contributed by atoms with Crippen LogP contribution in [0.1, 0.15) is 40.9 Å². The summed E-state index contributed by atoms with van der Waals surface area (Å²) >= 11 is 0. The minimum Gasteiger partial charge on any atom is -0.339 e. The Hall–Kier alpha value is -2.16. The van der Waals surface area contributed by atoms with Crippen molar-refractivity contribution in [1.29, 1.82) is 0 Å². The van der Waals surface area contributed by atoms with Gasteiger partial charge in [0.1, 0.15) is 0 Å². The molecule has 1 aliphatic rings. The third-order valence-electron chi connectivity index (χ3n) is 4.24. The first-order chi connectivity index (χ1) is 10.2. The van der Waals surface area contributed by atoms with Crippen LogP contribution in [-0.4, -0.2) is 28.9 Å². The van der Waals surface area contributed by atoms with Gasteiger partial charge in [-0.15, -0.1) is 0 Å². The molecule has 21 heavy (non-hydrogen) atoms. The number of benzene rings is 1. The number of nitrogens with zero attached hydrogens (tertiary/aromatic N) is 2. The summed E-state index contributed by atoms with van der Waals surface area (Å²) in [6.45, 7) is 0. The van der Waals surface area contributed by atoms with Gasteiger partial charge in [-0.2, -0.15) is 0 Å². The van der Waals surface area contributed by atoms with Gasteiger partial charge in [0, 0.05) is 31.4 Å². The number of hydrogen-bond acceptors (Lipinski definition) is 2. The Balaban J connectivity index is 1.67. The summed E-state index contributed by atoms with van der Waals surface area (Å²) in [7, 11) is 1.89. The zero-order valence-electron chi connectivity index (χ0n) is 12.3. The van der Waals surface area contributed by atoms with Crippen LogP contribution in [0.2, 0.25) is 0 Å². The van der Waals surface area contributed by atoms with E-state index in [9.17, 15) is 4.79 Å². The van der Waals surface area contributed by atoms with Crippen molar-refractivity contribution in [3.8, 4) is 0 Å². The summed E-state index contributed by atoms with van der Waals surface area (Å²) in [6.07, 6.45) is 5.99. The van der Waals surface area contributed by atoms with Crippen LogP contribution >= 0.6 is 0 Å². The molecule has 0 saturated heterocycles. The maximum absolute atomic E-state index is 12.3. The van der Waals surface area contributed by atoms with E-state index in [1.807, 2.05) is 42.3 Å². The van der Waals surface area contributed by atoms with E-state index in [4.69, 9.17) is 0 Å². The van der Waals surface area contributed by atoms with Crippen LogP contribution in [-0.2, 0) is 6.42 Å². The van der Waals surface area contributed by atoms with Crippen molar-refractivity contribution in [3.63, 3.8) is 0 Å². The number of carbonyl (C=O) groups is 1. The van der Waals surface area contributed by atoms with Gasteiger partial charge in [-0.1, -0.05) is 30.3 Å². The zero-order chi connectivity index (χ0) is 14.7. The quantitative estimate of drug-likeness (QED) is 0.861. The van der Waals surface area contributed by atoms with Crippen molar-refractivity contribution in [1.82, 2.24) is 9.88 Å². The lowest BCUT2D eigenvalue weighted by atomic mass is 9.91. The maximum Gasteiger partial charge on any atom is 0.255 e. The lowest BCUT2D eigenvalue weighted by molar-refractivity contribution is 0.0651. The summed E-state index contributed by atoms with van der Waals surface area (Å²) in [5.41, 5.74) is 2.90. The molecule has 1 saturated carbocycles. The first-order valence-corrected chi connectivity index (χ1v) is 7.50. The first-order valence-electron chi connectivity index (χ1n) is 7.50. The number of pyridine rings is 1. The number of aromatic nitrogens is 1. The Labute approximate surface area is 125 Å². The molecule has 0 N–H and O–H groups in total. The topological polar surface area (TPSA) is 33.2 Å². The van der Waals surface area contributed by atoms with E-state index >= 15 is 0 Å². The Morgan fingerprint density at radius 3 is 2.52 bits per heavy atom. The van der Waals surface area contributed by atoms with E-state index in [-0.39, 0.29) is 5.91 Å². The molecular weight excluding hydrogens is 260 g/mol. The molecular formula is C18H20N2O. The third-order valence-corrected chi connectivity index (χ3v) is 4.24. The SMILES string of the molecule is CN(C(=O)c1ccc(Cc2ccccc2)nc1)C1CCC1. The van der Waals surface area contributed by atoms with Crippen LogP contribution in [0.5, 0.6) is 0 Å². The Morgan fingerprint density at radius 2 is 1.95 bits per heavy atom. The van der Waals surface area contributed by atoms with Crippen LogP contribution in [0.25, 0.3) is 0 Å². The second-order valence-electron chi connectivity index (χ2n) is 5.70. The summed E-state index contributed by atoms with van der Waals surface area (Å²) in [4.78, 5) is 18.6. The van der Waals surface area contributed by atoms with E-state index in [1.165, 1.54) is 12.0 Å². The number of carbonyl (C=O) groups excluding carboxylic acids is 1. The molecule has 3 nitrogen and oxygen atoms in total. The van der Waals surface area contributed by atoms with Crippen molar-refractivity contribution < 1.29 is 4.79 Å². The summed E-state index contributed by atoms with van der Waals surface area (Å²) < 4.78 is 0. The minimum atomic E-state index is 0.0819. The van der Waals surface area contributed by atoms with Gasteiger partial charge >= 0.3 is 0 Å². The van der Waals surface area contributed by atoms with E-state index in [0.717, 1.165) is 25.0 Å². The van der Waals surface area contributed by atoms with Crippen LogP contribution in [0, 0.1) is 0 Å². The highest BCUT2D eigenvalue weighted by atomic mass is 16.2. The molecule has 0 spiro atoms. The van der Waals surface area contributed by atoms with Gasteiger partial charge < -0.3 is 4.90 Å². The lowest BCUT2D eigenvalue weighted by Crippen LogP contribution is -2.41. The highest BCUT2D eigenvalue weighted by Crippen LogP contribution is 2.24. The smallest absolute Gasteiger partial charge is 0.255 e. The molecule has 3 rings (SSSR count). The Bertz CT molecular complexity index is 603. The molecule has 1 amide bonds. The molecule has 1 heterocycles. The highest BCUT2D eigenvalue weighted by Gasteiger charge is 2.26. The number of amides is 1. The van der Waals surface area contributed by atoms with Crippen molar-refractivity contribution in [2.45, 2.75) is 31.7 Å². The van der Waals surface area contributed by atoms with Gasteiger partial charge in [0.2, 0.25) is 0 Å². The van der Waals surface area contributed by atoms with Crippen molar-refractivity contribution in [3.05, 3.63) is 65.5 Å². The molecule has 0 bridgehead atoms. The van der Waals surface area contributed by atoms with Gasteiger partial charge in [0.05, 0.1) is 5.56 Å². The fourth-order valence-electron chi connectivity index (χ4n) is 2.60. The summed E-state index contributed by atoms with van der Waals surface area (Å²) in [6, 6.07) is 14.5.